The Kier molecular flexibility index (Phi) is 7.61. The van der Waals surface area contributed by atoms with Crippen LogP contribution in [-0.4, -0.2) is 83.5 Å². The Morgan fingerprint density at radius 1 is 1.00 bits per heavy atom. The molecule has 37 heavy (non-hydrogen) atoms. The molecule has 10 nitrogen and oxygen atoms in total. The molecule has 4 fully saturated rings. The molecule has 0 aromatic heterocycles. The molecular weight excluding hydrogens is 484 g/mol. The van der Waals surface area contributed by atoms with Crippen LogP contribution in [0.3, 0.4) is 0 Å². The number of carboxylic acids is 1. The van der Waals surface area contributed by atoms with E-state index in [1.165, 1.54) is 0 Å². The SMILES string of the molecule is C[C@H](CCC(=O)O)[C@H]1CC[C@H]2[C@H]3[C@H](CC(O)(O)[C@]12C)[C@@]1(C)CC[C@](O)(OCC(O)CO)C[C@H]1CC3(O)O. The molecule has 0 radical (unpaired) electrons. The Hall–Kier alpha value is -0.850. The maximum absolute atomic E-state index is 11.6. The lowest BCUT2D eigenvalue weighted by Crippen LogP contribution is -2.70. The molecule has 0 aromatic carbocycles. The predicted octanol–water partition coefficient (Wildman–Crippen LogP) is 0.786. The van der Waals surface area contributed by atoms with Crippen molar-refractivity contribution >= 4 is 5.97 Å². The summed E-state index contributed by atoms with van der Waals surface area (Å²) in [6.45, 7) is 5.07. The quantitative estimate of drug-likeness (QED) is 0.208. The summed E-state index contributed by atoms with van der Waals surface area (Å²) in [7, 11) is 0. The summed E-state index contributed by atoms with van der Waals surface area (Å²) in [4.78, 5) is 11.2. The largest absolute Gasteiger partial charge is 0.481 e. The van der Waals surface area contributed by atoms with E-state index < -0.39 is 58.7 Å². The van der Waals surface area contributed by atoms with Crippen LogP contribution in [0.4, 0.5) is 0 Å². The van der Waals surface area contributed by atoms with Crippen LogP contribution in [-0.2, 0) is 9.53 Å². The number of hydrogen-bond donors (Lipinski definition) is 8. The van der Waals surface area contributed by atoms with Gasteiger partial charge in [0.1, 0.15) is 6.10 Å². The second-order valence-electron chi connectivity index (χ2n) is 13.2. The molecule has 4 rings (SSSR count). The van der Waals surface area contributed by atoms with Gasteiger partial charge in [-0.15, -0.1) is 0 Å². The number of carbonyl (C=O) groups is 1. The number of rotatable bonds is 8. The monoisotopic (exact) mass is 530 g/mol. The van der Waals surface area contributed by atoms with Crippen molar-refractivity contribution in [1.82, 2.24) is 0 Å². The fraction of sp³-hybridized carbons (Fsp3) is 0.963. The Bertz CT molecular complexity index is 862. The van der Waals surface area contributed by atoms with Crippen LogP contribution in [0.25, 0.3) is 0 Å². The maximum Gasteiger partial charge on any atom is 0.303 e. The molecule has 1 unspecified atom stereocenters. The lowest BCUT2D eigenvalue weighted by Gasteiger charge is -2.67. The van der Waals surface area contributed by atoms with Gasteiger partial charge < -0.3 is 45.6 Å². The lowest BCUT2D eigenvalue weighted by atomic mass is 9.41. The van der Waals surface area contributed by atoms with Crippen molar-refractivity contribution in [2.75, 3.05) is 13.2 Å². The molecule has 0 saturated heterocycles. The van der Waals surface area contributed by atoms with Crippen molar-refractivity contribution in [2.45, 2.75) is 102 Å². The Balaban J connectivity index is 1.62. The smallest absolute Gasteiger partial charge is 0.303 e. The summed E-state index contributed by atoms with van der Waals surface area (Å²) in [5, 5.41) is 85.3. The first-order chi connectivity index (χ1) is 17.0. The molecule has 0 spiro atoms. The van der Waals surface area contributed by atoms with Gasteiger partial charge in [-0.05, 0) is 60.7 Å². The van der Waals surface area contributed by atoms with E-state index in [1.807, 2.05) is 20.8 Å². The Morgan fingerprint density at radius 2 is 1.68 bits per heavy atom. The summed E-state index contributed by atoms with van der Waals surface area (Å²) >= 11 is 0. The normalized spacial score (nSPS) is 45.8. The highest BCUT2D eigenvalue weighted by molar-refractivity contribution is 5.66. The maximum atomic E-state index is 11.6. The van der Waals surface area contributed by atoms with Crippen molar-refractivity contribution < 1.29 is 50.4 Å². The van der Waals surface area contributed by atoms with E-state index >= 15 is 0 Å². The number of fused-ring (bicyclic) bond motifs is 5. The molecule has 214 valence electrons. The zero-order chi connectivity index (χ0) is 27.6. The molecule has 0 heterocycles. The van der Waals surface area contributed by atoms with E-state index in [-0.39, 0.29) is 62.4 Å². The van der Waals surface area contributed by atoms with Crippen LogP contribution in [0.15, 0.2) is 0 Å². The van der Waals surface area contributed by atoms with Crippen molar-refractivity contribution in [2.24, 2.45) is 46.3 Å². The van der Waals surface area contributed by atoms with Gasteiger partial charge in [-0.1, -0.05) is 20.8 Å². The van der Waals surface area contributed by atoms with Gasteiger partial charge in [0.05, 0.1) is 13.2 Å². The predicted molar refractivity (Wildman–Crippen MR) is 130 cm³/mol. The minimum atomic E-state index is -2.08. The van der Waals surface area contributed by atoms with Gasteiger partial charge in [0.2, 0.25) is 0 Å². The van der Waals surface area contributed by atoms with Crippen LogP contribution in [0.5, 0.6) is 0 Å². The zero-order valence-corrected chi connectivity index (χ0v) is 22.2. The number of aliphatic carboxylic acids is 1. The van der Waals surface area contributed by atoms with Crippen LogP contribution in [0.1, 0.15) is 78.6 Å². The molecule has 10 heteroatoms. The molecule has 8 N–H and O–H groups in total. The average Bonchev–Trinajstić information content (AvgIpc) is 3.16. The third kappa shape index (κ3) is 4.75. The topological polar surface area (TPSA) is 188 Å². The van der Waals surface area contributed by atoms with Gasteiger partial charge >= 0.3 is 5.97 Å². The third-order valence-corrected chi connectivity index (χ3v) is 11.3. The van der Waals surface area contributed by atoms with E-state index in [1.54, 1.807) is 0 Å². The standard InChI is InChI=1S/C27H46O10/c1-15(4-7-21(30)31)18-5-6-19-22-20(12-27(35,36)24(18,19)3)23(2)8-9-25(32,37-14-17(29)13-28)10-16(23)11-26(22,33)34/h15-20,22,28-29,32-36H,4-14H2,1-3H3,(H,30,31)/t15-,16+,17?,18-,19+,20+,22+,23+,24-,25+/m1/s1. The summed E-state index contributed by atoms with van der Waals surface area (Å²) in [6, 6.07) is 0. The van der Waals surface area contributed by atoms with E-state index in [4.69, 9.17) is 14.9 Å². The van der Waals surface area contributed by atoms with E-state index in [0.717, 1.165) is 0 Å². The fourth-order valence-corrected chi connectivity index (χ4v) is 9.15. The first kappa shape index (κ1) is 29.1. The van der Waals surface area contributed by atoms with Crippen LogP contribution >= 0.6 is 0 Å². The van der Waals surface area contributed by atoms with Crippen molar-refractivity contribution in [1.29, 1.82) is 0 Å². The lowest BCUT2D eigenvalue weighted by molar-refractivity contribution is -0.374. The van der Waals surface area contributed by atoms with Gasteiger partial charge in [-0.3, -0.25) is 4.79 Å². The highest BCUT2D eigenvalue weighted by Gasteiger charge is 2.73. The van der Waals surface area contributed by atoms with Gasteiger partial charge in [0, 0.05) is 43.4 Å². The van der Waals surface area contributed by atoms with E-state index in [0.29, 0.717) is 25.7 Å². The van der Waals surface area contributed by atoms with E-state index in [2.05, 4.69) is 0 Å². The molecule has 0 aliphatic heterocycles. The second kappa shape index (κ2) is 9.66. The summed E-state index contributed by atoms with van der Waals surface area (Å²) < 4.78 is 5.57. The molecule has 4 aliphatic carbocycles. The highest BCUT2D eigenvalue weighted by atomic mass is 16.6. The van der Waals surface area contributed by atoms with Crippen molar-refractivity contribution in [3.8, 4) is 0 Å². The third-order valence-electron chi connectivity index (χ3n) is 11.3. The second-order valence-corrected chi connectivity index (χ2v) is 13.2. The molecule has 4 aliphatic rings. The summed E-state index contributed by atoms with van der Waals surface area (Å²) in [5.74, 6) is -8.64. The molecular formula is C27H46O10. The number of ether oxygens (including phenoxy) is 1. The van der Waals surface area contributed by atoms with Gasteiger partial charge in [-0.25, -0.2) is 0 Å². The molecule has 4 saturated carbocycles. The van der Waals surface area contributed by atoms with Gasteiger partial charge in [-0.2, -0.15) is 0 Å². The minimum absolute atomic E-state index is 0.00166. The van der Waals surface area contributed by atoms with Crippen LogP contribution in [0.2, 0.25) is 0 Å². The van der Waals surface area contributed by atoms with E-state index in [9.17, 15) is 35.4 Å². The summed E-state index contributed by atoms with van der Waals surface area (Å²) in [6.07, 6.45) is 1.33. The number of aliphatic hydroxyl groups excluding tert-OH is 2. The van der Waals surface area contributed by atoms with Crippen LogP contribution < -0.4 is 0 Å². The highest BCUT2D eigenvalue weighted by Crippen LogP contribution is 2.72. The van der Waals surface area contributed by atoms with Crippen molar-refractivity contribution in [3.63, 3.8) is 0 Å². The molecule has 0 bridgehead atoms. The first-order valence-corrected chi connectivity index (χ1v) is 13.8. The average molecular weight is 531 g/mol. The van der Waals surface area contributed by atoms with Crippen LogP contribution in [0, 0.1) is 46.3 Å². The Labute approximate surface area is 218 Å². The summed E-state index contributed by atoms with van der Waals surface area (Å²) in [5.41, 5.74) is -1.53. The zero-order valence-electron chi connectivity index (χ0n) is 22.2. The first-order valence-electron chi connectivity index (χ1n) is 13.8. The number of carboxylic acid groups (broad SMARTS) is 1. The Morgan fingerprint density at radius 3 is 2.30 bits per heavy atom. The minimum Gasteiger partial charge on any atom is -0.481 e. The molecule has 0 amide bonds. The van der Waals surface area contributed by atoms with Gasteiger partial charge in [0.15, 0.2) is 17.4 Å². The molecule has 10 atom stereocenters. The number of hydrogen-bond acceptors (Lipinski definition) is 9. The van der Waals surface area contributed by atoms with Crippen molar-refractivity contribution in [3.05, 3.63) is 0 Å². The fourth-order valence-electron chi connectivity index (χ4n) is 9.15. The molecule has 0 aromatic rings. The van der Waals surface area contributed by atoms with Gasteiger partial charge in [0.25, 0.3) is 0 Å². The number of aliphatic hydroxyl groups is 7.